The number of allylic oxidation sites excluding steroid dienone is 1. The molecule has 3 aromatic rings. The highest BCUT2D eigenvalue weighted by Crippen LogP contribution is 2.39. The van der Waals surface area contributed by atoms with E-state index in [2.05, 4.69) is 4.72 Å². The molecule has 10 nitrogen and oxygen atoms in total. The number of nitrogens with one attached hydrogen (secondary N) is 1. The third kappa shape index (κ3) is 9.40. The van der Waals surface area contributed by atoms with Gasteiger partial charge in [-0.2, -0.15) is 0 Å². The van der Waals surface area contributed by atoms with Crippen molar-refractivity contribution in [2.45, 2.75) is 79.5 Å². The number of carbonyl (C=O) groups excluding carboxylic acids is 4. The minimum atomic E-state index is -1.59. The number of ether oxygens (including phenoxy) is 4. The lowest BCUT2D eigenvalue weighted by Crippen LogP contribution is -2.66. The largest absolute Gasteiger partial charge is 0.598 e. The zero-order valence-corrected chi connectivity index (χ0v) is 29.0. The zero-order chi connectivity index (χ0) is 35.0. The number of hydrogen-bond acceptors (Lipinski definition) is 11. The molecule has 0 aliphatic carbocycles. The highest BCUT2D eigenvalue weighted by atomic mass is 32.2. The Labute approximate surface area is 293 Å². The second kappa shape index (κ2) is 16.6. The molecule has 0 saturated carbocycles. The smallest absolute Gasteiger partial charge is 0.338 e. The molecule has 0 radical (unpaired) electrons. The molecule has 2 heterocycles. The van der Waals surface area contributed by atoms with Crippen molar-refractivity contribution in [3.8, 4) is 0 Å². The van der Waals surface area contributed by atoms with Gasteiger partial charge in [0.15, 0.2) is 18.3 Å². The monoisotopic (exact) mass is 705 g/mol. The van der Waals surface area contributed by atoms with Gasteiger partial charge in [0, 0.05) is 11.4 Å². The number of carbonyl (C=O) groups is 4. The lowest BCUT2D eigenvalue weighted by molar-refractivity contribution is -0.205. The van der Waals surface area contributed by atoms with Crippen LogP contribution in [0.4, 0.5) is 0 Å². The highest BCUT2D eigenvalue weighted by molar-refractivity contribution is 8.01. The first-order chi connectivity index (χ1) is 23.5. The number of hydrogen-bond donors (Lipinski definition) is 1. The van der Waals surface area contributed by atoms with Crippen LogP contribution in [-0.4, -0.2) is 74.6 Å². The second-order valence-corrected chi connectivity index (χ2v) is 15.9. The molecule has 2 unspecified atom stereocenters. The van der Waals surface area contributed by atoms with Gasteiger partial charge in [0.1, 0.15) is 22.6 Å². The average Bonchev–Trinajstić information content (AvgIpc) is 3.11. The number of benzene rings is 3. The van der Waals surface area contributed by atoms with Crippen LogP contribution in [0, 0.1) is 0 Å². The molecule has 0 amide bonds. The van der Waals surface area contributed by atoms with Crippen molar-refractivity contribution < 1.29 is 42.7 Å². The van der Waals surface area contributed by atoms with E-state index in [1.54, 1.807) is 91.0 Å². The Morgan fingerprint density at radius 2 is 1.20 bits per heavy atom. The van der Waals surface area contributed by atoms with Gasteiger partial charge in [-0.15, -0.1) is 16.5 Å². The normalized spacial score (nSPS) is 26.7. The fraction of sp³-hybridized carbons (Fsp3) is 0.351. The predicted molar refractivity (Wildman–Crippen MR) is 186 cm³/mol. The third-order valence-corrected chi connectivity index (χ3v) is 10.8. The molecule has 0 aromatic heterocycles. The standard InChI is InChI=1S/C37H39NO9S2/c1-37(2,3)49(43)38-28-22-14-13-21-27(23-39)48-36-32(46-35(42)26-19-11-6-12-20-26)31(45-34(41)25-17-9-5-10-18-25)30(29(28)47-36)44-33(40)24-15-7-4-8-16-24/h4-20,23,27-32,36,38H,21-22H2,1-3H3/b14-13-/t27?,28-,29-,30+,31+,32-,36-,49?/m1/s1. The summed E-state index contributed by atoms with van der Waals surface area (Å²) < 4.78 is 41.1. The maximum absolute atomic E-state index is 13.7. The fourth-order valence-electron chi connectivity index (χ4n) is 5.31. The first-order valence-electron chi connectivity index (χ1n) is 15.9. The lowest BCUT2D eigenvalue weighted by atomic mass is 9.92. The van der Waals surface area contributed by atoms with Crippen molar-refractivity contribution in [2.75, 3.05) is 0 Å². The zero-order valence-electron chi connectivity index (χ0n) is 27.3. The quantitative estimate of drug-likeness (QED) is 0.0998. The highest BCUT2D eigenvalue weighted by Gasteiger charge is 2.56. The van der Waals surface area contributed by atoms with Crippen LogP contribution in [0.15, 0.2) is 103 Å². The van der Waals surface area contributed by atoms with E-state index in [1.807, 2.05) is 32.9 Å². The van der Waals surface area contributed by atoms with Gasteiger partial charge in [-0.25, -0.2) is 14.4 Å². The van der Waals surface area contributed by atoms with Crippen LogP contribution in [0.25, 0.3) is 0 Å². The fourth-order valence-corrected chi connectivity index (χ4v) is 7.36. The van der Waals surface area contributed by atoms with Crippen molar-refractivity contribution in [3.63, 3.8) is 0 Å². The molecule has 1 fully saturated rings. The van der Waals surface area contributed by atoms with Crippen molar-refractivity contribution in [1.82, 2.24) is 4.72 Å². The number of aldehydes is 1. The Balaban J connectivity index is 1.64. The van der Waals surface area contributed by atoms with E-state index in [4.69, 9.17) is 18.9 Å². The Hall–Kier alpha value is -3.94. The topological polar surface area (TPSA) is 140 Å². The number of esters is 3. The molecule has 2 aliphatic heterocycles. The van der Waals surface area contributed by atoms with E-state index in [0.717, 1.165) is 18.0 Å². The van der Waals surface area contributed by atoms with Gasteiger partial charge in [-0.3, -0.25) is 0 Å². The summed E-state index contributed by atoms with van der Waals surface area (Å²) in [6.45, 7) is 5.45. The molecular weight excluding hydrogens is 667 g/mol. The van der Waals surface area contributed by atoms with E-state index in [0.29, 0.717) is 6.42 Å². The molecule has 3 aromatic carbocycles. The summed E-state index contributed by atoms with van der Waals surface area (Å²) in [6, 6.07) is 24.1. The summed E-state index contributed by atoms with van der Waals surface area (Å²) in [4.78, 5) is 53.3. The molecule has 1 saturated heterocycles. The Morgan fingerprint density at radius 3 is 1.67 bits per heavy atom. The van der Waals surface area contributed by atoms with E-state index >= 15 is 0 Å². The Kier molecular flexibility index (Phi) is 12.3. The average molecular weight is 706 g/mol. The lowest BCUT2D eigenvalue weighted by Gasteiger charge is -2.47. The van der Waals surface area contributed by atoms with Gasteiger partial charge < -0.3 is 28.3 Å². The third-order valence-electron chi connectivity index (χ3n) is 7.89. The van der Waals surface area contributed by atoms with Gasteiger partial charge in [-0.05, 0) is 70.0 Å². The molecular formula is C37H39NO9S2. The molecule has 12 heteroatoms. The summed E-state index contributed by atoms with van der Waals surface area (Å²) >= 11 is -0.490. The summed E-state index contributed by atoms with van der Waals surface area (Å²) in [5.41, 5.74) is -0.384. The summed E-state index contributed by atoms with van der Waals surface area (Å²) in [7, 11) is 0. The van der Waals surface area contributed by atoms with Crippen LogP contribution in [0.5, 0.6) is 0 Å². The first kappa shape index (κ1) is 36.3. The second-order valence-electron chi connectivity index (χ2n) is 12.5. The Morgan fingerprint density at radius 1 is 0.755 bits per heavy atom. The van der Waals surface area contributed by atoms with Gasteiger partial charge in [0.25, 0.3) is 0 Å². The molecule has 258 valence electrons. The van der Waals surface area contributed by atoms with E-state index in [1.165, 1.54) is 0 Å². The van der Waals surface area contributed by atoms with Gasteiger partial charge in [-0.1, -0.05) is 66.7 Å². The van der Waals surface area contributed by atoms with Crippen LogP contribution in [0.1, 0.15) is 64.7 Å². The maximum Gasteiger partial charge on any atom is 0.338 e. The van der Waals surface area contributed by atoms with Crippen molar-refractivity contribution >= 4 is 47.3 Å². The van der Waals surface area contributed by atoms with Crippen LogP contribution in [0.2, 0.25) is 0 Å². The summed E-state index contributed by atoms with van der Waals surface area (Å²) in [5.74, 6) is -2.22. The van der Waals surface area contributed by atoms with E-state index in [-0.39, 0.29) is 23.1 Å². The maximum atomic E-state index is 13.7. The SMILES string of the molecule is CC(C)(C)[S+]([O-])N[C@@H]1C/C=C\CC(C=O)S[C@H]2O[C@H]1[C@H](OC(=O)c1ccccc1)[C@H](OC(=O)c1ccccc1)[C@H]2OC(=O)c1ccccc1. The van der Waals surface area contributed by atoms with Crippen LogP contribution < -0.4 is 4.72 Å². The Bertz CT molecular complexity index is 1600. The summed E-state index contributed by atoms with van der Waals surface area (Å²) in [5, 5.41) is -0.609. The molecule has 5 rings (SSSR count). The van der Waals surface area contributed by atoms with Crippen LogP contribution in [-0.2, 0) is 35.1 Å². The minimum Gasteiger partial charge on any atom is -0.598 e. The van der Waals surface area contributed by atoms with E-state index < -0.39 is 75.2 Å². The van der Waals surface area contributed by atoms with Crippen molar-refractivity contribution in [1.29, 1.82) is 0 Å². The van der Waals surface area contributed by atoms with Gasteiger partial charge in [0.2, 0.25) is 0 Å². The van der Waals surface area contributed by atoms with Crippen molar-refractivity contribution in [2.24, 2.45) is 0 Å². The number of fused-ring (bicyclic) bond motifs is 2. The van der Waals surface area contributed by atoms with E-state index in [9.17, 15) is 23.7 Å². The molecule has 0 spiro atoms. The van der Waals surface area contributed by atoms with Crippen LogP contribution in [0.3, 0.4) is 0 Å². The van der Waals surface area contributed by atoms with Crippen LogP contribution >= 0.6 is 11.8 Å². The molecule has 2 aliphatic rings. The molecule has 2 bridgehead atoms. The van der Waals surface area contributed by atoms with Gasteiger partial charge >= 0.3 is 17.9 Å². The minimum absolute atomic E-state index is 0.217. The summed E-state index contributed by atoms with van der Waals surface area (Å²) in [6.07, 6.45) is -0.0961. The molecule has 8 atom stereocenters. The molecule has 1 N–H and O–H groups in total. The first-order valence-corrected chi connectivity index (χ1v) is 18.0. The number of rotatable bonds is 9. The molecule has 49 heavy (non-hydrogen) atoms. The van der Waals surface area contributed by atoms with Crippen molar-refractivity contribution in [3.05, 3.63) is 120 Å². The van der Waals surface area contributed by atoms with Gasteiger partial charge in [0.05, 0.1) is 28.0 Å². The predicted octanol–water partition coefficient (Wildman–Crippen LogP) is 5.46. The number of thioether (sulfide) groups is 1.